The summed E-state index contributed by atoms with van der Waals surface area (Å²) in [4.78, 5) is 14.8. The number of halogens is 1. The van der Waals surface area contributed by atoms with Gasteiger partial charge in [0.25, 0.3) is 0 Å². The first-order valence-corrected chi connectivity index (χ1v) is 8.30. The number of nitrogens with zero attached hydrogens (tertiary/aromatic N) is 1. The van der Waals surface area contributed by atoms with Crippen molar-refractivity contribution in [1.82, 2.24) is 4.90 Å². The Bertz CT molecular complexity index is 697. The van der Waals surface area contributed by atoms with Crippen LogP contribution in [0.3, 0.4) is 0 Å². The Labute approximate surface area is 135 Å². The minimum atomic E-state index is -0.210. The van der Waals surface area contributed by atoms with Gasteiger partial charge >= 0.3 is 0 Å². The molecular weight excluding hydrogens is 293 g/mol. The van der Waals surface area contributed by atoms with Gasteiger partial charge < -0.3 is 9.32 Å². The Balaban J connectivity index is 1.43. The molecule has 0 N–H and O–H groups in total. The Kier molecular flexibility index (Phi) is 3.68. The fourth-order valence-electron chi connectivity index (χ4n) is 3.77. The van der Waals surface area contributed by atoms with Crippen LogP contribution in [-0.2, 0) is 11.2 Å². The van der Waals surface area contributed by atoms with Crippen molar-refractivity contribution in [3.05, 3.63) is 59.8 Å². The Morgan fingerprint density at radius 1 is 1.30 bits per heavy atom. The fourth-order valence-corrected chi connectivity index (χ4v) is 3.77. The molecule has 0 bridgehead atoms. The van der Waals surface area contributed by atoms with Gasteiger partial charge in [-0.3, -0.25) is 4.79 Å². The zero-order valence-electron chi connectivity index (χ0n) is 13.0. The highest BCUT2D eigenvalue weighted by atomic mass is 19.1. The Morgan fingerprint density at radius 2 is 2.22 bits per heavy atom. The van der Waals surface area contributed by atoms with E-state index in [1.165, 1.54) is 6.07 Å². The summed E-state index contributed by atoms with van der Waals surface area (Å²) >= 11 is 0. The zero-order chi connectivity index (χ0) is 15.8. The van der Waals surface area contributed by atoms with E-state index in [1.54, 1.807) is 18.4 Å². The number of hydrogen-bond acceptors (Lipinski definition) is 2. The molecular formula is C19H20FNO2. The van der Waals surface area contributed by atoms with Crippen molar-refractivity contribution in [2.24, 2.45) is 5.92 Å². The molecule has 1 saturated heterocycles. The lowest BCUT2D eigenvalue weighted by molar-refractivity contribution is -0.133. The molecule has 120 valence electrons. The molecule has 0 unspecified atom stereocenters. The molecule has 0 spiro atoms. The molecule has 0 radical (unpaired) electrons. The van der Waals surface area contributed by atoms with Crippen LogP contribution in [-0.4, -0.2) is 23.4 Å². The van der Waals surface area contributed by atoms with Crippen LogP contribution in [0.2, 0.25) is 0 Å². The van der Waals surface area contributed by atoms with Crippen LogP contribution in [0.25, 0.3) is 0 Å². The number of furan rings is 1. The molecule has 2 aromatic rings. The van der Waals surface area contributed by atoms with Crippen LogP contribution in [0, 0.1) is 11.7 Å². The molecule has 4 heteroatoms. The van der Waals surface area contributed by atoms with Crippen molar-refractivity contribution < 1.29 is 13.6 Å². The van der Waals surface area contributed by atoms with Gasteiger partial charge in [-0.15, -0.1) is 0 Å². The second-order valence-corrected chi connectivity index (χ2v) is 6.63. The van der Waals surface area contributed by atoms with E-state index in [1.807, 2.05) is 23.1 Å². The smallest absolute Gasteiger partial charge is 0.226 e. The van der Waals surface area contributed by atoms with Gasteiger partial charge in [-0.2, -0.15) is 0 Å². The van der Waals surface area contributed by atoms with Gasteiger partial charge in [0.1, 0.15) is 11.6 Å². The molecule has 3 nitrogen and oxygen atoms in total. The predicted octanol–water partition coefficient (Wildman–Crippen LogP) is 3.76. The van der Waals surface area contributed by atoms with Crippen LogP contribution < -0.4 is 0 Å². The van der Waals surface area contributed by atoms with Crippen LogP contribution >= 0.6 is 0 Å². The highest BCUT2D eigenvalue weighted by Gasteiger charge is 2.49. The summed E-state index contributed by atoms with van der Waals surface area (Å²) in [5, 5.41) is 0. The number of rotatable bonds is 4. The molecule has 1 saturated carbocycles. The van der Waals surface area contributed by atoms with E-state index < -0.39 is 0 Å². The van der Waals surface area contributed by atoms with Crippen molar-refractivity contribution >= 4 is 5.91 Å². The molecule has 4 rings (SSSR count). The second-order valence-electron chi connectivity index (χ2n) is 6.63. The van der Waals surface area contributed by atoms with Gasteiger partial charge in [-0.05, 0) is 55.5 Å². The topological polar surface area (TPSA) is 33.5 Å². The van der Waals surface area contributed by atoms with Crippen molar-refractivity contribution in [2.45, 2.75) is 37.6 Å². The minimum Gasteiger partial charge on any atom is -0.469 e. The van der Waals surface area contributed by atoms with E-state index in [0.717, 1.165) is 43.6 Å². The number of amides is 1. The third-order valence-corrected chi connectivity index (χ3v) is 5.04. The number of carbonyl (C=O) groups excluding carboxylic acids is 1. The van der Waals surface area contributed by atoms with Crippen molar-refractivity contribution in [3.8, 4) is 0 Å². The summed E-state index contributed by atoms with van der Waals surface area (Å²) in [7, 11) is 0. The molecule has 1 aliphatic carbocycles. The number of benzene rings is 1. The number of likely N-dealkylation sites (tertiary alicyclic amines) is 1. The molecule has 3 atom stereocenters. The lowest BCUT2D eigenvalue weighted by Gasteiger charge is -2.25. The van der Waals surface area contributed by atoms with Gasteiger partial charge in [-0.25, -0.2) is 4.39 Å². The third kappa shape index (κ3) is 2.90. The van der Waals surface area contributed by atoms with E-state index in [4.69, 9.17) is 4.42 Å². The molecule has 1 aromatic heterocycles. The average Bonchev–Trinajstić information content (AvgIpc) is 2.96. The largest absolute Gasteiger partial charge is 0.469 e. The minimum absolute atomic E-state index is 0.0641. The normalized spacial score (nSPS) is 26.5. The maximum Gasteiger partial charge on any atom is 0.226 e. The average molecular weight is 313 g/mol. The molecule has 2 aliphatic rings. The lowest BCUT2D eigenvalue weighted by atomic mass is 10.0. The van der Waals surface area contributed by atoms with E-state index >= 15 is 0 Å². The quantitative estimate of drug-likeness (QED) is 0.861. The summed E-state index contributed by atoms with van der Waals surface area (Å²) in [6.45, 7) is 0.820. The molecule has 1 amide bonds. The summed E-state index contributed by atoms with van der Waals surface area (Å²) < 4.78 is 18.8. The van der Waals surface area contributed by atoms with Crippen LogP contribution in [0.5, 0.6) is 0 Å². The van der Waals surface area contributed by atoms with Crippen LogP contribution in [0.15, 0.2) is 47.1 Å². The summed E-state index contributed by atoms with van der Waals surface area (Å²) in [6.07, 6.45) is 5.32. The second kappa shape index (κ2) is 5.84. The fraction of sp³-hybridized carbons (Fsp3) is 0.421. The van der Waals surface area contributed by atoms with E-state index in [-0.39, 0.29) is 29.6 Å². The van der Waals surface area contributed by atoms with Gasteiger partial charge in [-0.1, -0.05) is 12.1 Å². The first-order valence-electron chi connectivity index (χ1n) is 8.30. The predicted molar refractivity (Wildman–Crippen MR) is 84.4 cm³/mol. The number of carbonyl (C=O) groups is 1. The highest BCUT2D eigenvalue weighted by Crippen LogP contribution is 2.49. The Morgan fingerprint density at radius 3 is 3.00 bits per heavy atom. The molecule has 23 heavy (non-hydrogen) atoms. The standard InChI is InChI=1S/C19H20FNO2/c20-14-5-1-4-13(10-14)11-15-6-2-8-21(15)19(22)17-12-16(17)18-7-3-9-23-18/h1,3-5,7,9-10,15-17H,2,6,8,11-12H2/t15-,16-,17-/m1/s1. The number of hydrogen-bond donors (Lipinski definition) is 0. The highest BCUT2D eigenvalue weighted by molar-refractivity contribution is 5.83. The molecule has 2 heterocycles. The molecule has 2 fully saturated rings. The van der Waals surface area contributed by atoms with Crippen molar-refractivity contribution in [2.75, 3.05) is 6.54 Å². The maximum atomic E-state index is 13.4. The van der Waals surface area contributed by atoms with E-state index in [9.17, 15) is 9.18 Å². The monoisotopic (exact) mass is 313 g/mol. The van der Waals surface area contributed by atoms with Gasteiger partial charge in [0.05, 0.1) is 6.26 Å². The summed E-state index contributed by atoms with van der Waals surface area (Å²) in [5.41, 5.74) is 0.966. The van der Waals surface area contributed by atoms with Crippen molar-refractivity contribution in [3.63, 3.8) is 0 Å². The van der Waals surface area contributed by atoms with Crippen LogP contribution in [0.1, 0.15) is 36.5 Å². The first kappa shape index (κ1) is 14.5. The summed E-state index contributed by atoms with van der Waals surface area (Å²) in [5.74, 6) is 1.26. The third-order valence-electron chi connectivity index (χ3n) is 5.04. The van der Waals surface area contributed by atoms with Gasteiger partial charge in [0.2, 0.25) is 5.91 Å². The van der Waals surface area contributed by atoms with Crippen molar-refractivity contribution in [1.29, 1.82) is 0 Å². The van der Waals surface area contributed by atoms with Gasteiger partial charge in [0.15, 0.2) is 0 Å². The van der Waals surface area contributed by atoms with Crippen LogP contribution in [0.4, 0.5) is 4.39 Å². The zero-order valence-corrected chi connectivity index (χ0v) is 13.0. The SMILES string of the molecule is O=C([C@@H]1C[C@H]1c1ccco1)N1CCC[C@@H]1Cc1cccc(F)c1. The maximum absolute atomic E-state index is 13.4. The molecule has 1 aromatic carbocycles. The lowest BCUT2D eigenvalue weighted by Crippen LogP contribution is -2.38. The Hall–Kier alpha value is -2.10. The van der Waals surface area contributed by atoms with Gasteiger partial charge in [0, 0.05) is 24.4 Å². The van der Waals surface area contributed by atoms with E-state index in [0.29, 0.717) is 0 Å². The molecule has 1 aliphatic heterocycles. The first-order chi connectivity index (χ1) is 11.2. The summed E-state index contributed by atoms with van der Waals surface area (Å²) in [6, 6.07) is 10.7. The van der Waals surface area contributed by atoms with E-state index in [2.05, 4.69) is 0 Å².